The van der Waals surface area contributed by atoms with Crippen molar-refractivity contribution in [1.82, 2.24) is 0 Å². The van der Waals surface area contributed by atoms with Gasteiger partial charge in [-0.25, -0.2) is 14.6 Å². The Balaban J connectivity index is 3.58. The van der Waals surface area contributed by atoms with E-state index in [2.05, 4.69) is 14.7 Å². The first-order valence-electron chi connectivity index (χ1n) is 4.50. The maximum Gasteiger partial charge on any atom is 0.288 e. The highest BCUT2D eigenvalue weighted by Gasteiger charge is 2.05. The summed E-state index contributed by atoms with van der Waals surface area (Å²) in [7, 11) is 0. The zero-order valence-corrected chi connectivity index (χ0v) is 8.18. The quantitative estimate of drug-likeness (QED) is 0.258. The fourth-order valence-corrected chi connectivity index (χ4v) is 1.00. The third kappa shape index (κ3) is 8.38. The Bertz CT molecular complexity index is 298. The molecule has 0 saturated carbocycles. The van der Waals surface area contributed by atoms with Gasteiger partial charge in [0, 0.05) is 6.42 Å². The van der Waals surface area contributed by atoms with E-state index in [1.807, 2.05) is 0 Å². The molecule has 0 aromatic heterocycles. The van der Waals surface area contributed by atoms with Gasteiger partial charge in [0.15, 0.2) is 0 Å². The minimum Gasteiger partial charge on any atom is -0.399 e. The lowest BCUT2D eigenvalue weighted by molar-refractivity contribution is 0.157. The summed E-state index contributed by atoms with van der Waals surface area (Å²) in [6.45, 7) is 0.449. The van der Waals surface area contributed by atoms with Crippen LogP contribution in [0.4, 0.5) is 0 Å². The van der Waals surface area contributed by atoms with E-state index in [0.29, 0.717) is 13.0 Å². The zero-order chi connectivity index (χ0) is 11.4. The molecule has 0 N–H and O–H groups in total. The van der Waals surface area contributed by atoms with Crippen LogP contribution >= 0.6 is 0 Å². The molecule has 0 fully saturated rings. The standard InChI is InChI=1S/C9H11N3O3/c10-6-15-9(12-8-14)4-2-1-3-5-11-7-13/h9H,1-5H2. The molecular weight excluding hydrogens is 198 g/mol. The SMILES string of the molecule is N#COC(CCCCCN=C=O)N=C=O. The topological polar surface area (TPSA) is 91.9 Å². The monoisotopic (exact) mass is 209 g/mol. The Hall–Kier alpha value is -1.95. The molecule has 0 saturated heterocycles. The second-order valence-corrected chi connectivity index (χ2v) is 2.71. The van der Waals surface area contributed by atoms with Crippen LogP contribution < -0.4 is 0 Å². The summed E-state index contributed by atoms with van der Waals surface area (Å²) in [4.78, 5) is 26.3. The Labute approximate surface area is 87.3 Å². The number of isocyanates is 2. The van der Waals surface area contributed by atoms with Crippen molar-refractivity contribution in [2.24, 2.45) is 9.98 Å². The maximum atomic E-state index is 9.93. The van der Waals surface area contributed by atoms with Gasteiger partial charge in [-0.05, 0) is 12.8 Å². The normalized spacial score (nSPS) is 10.3. The second kappa shape index (κ2) is 10.1. The fourth-order valence-electron chi connectivity index (χ4n) is 1.00. The third-order valence-corrected chi connectivity index (χ3v) is 1.67. The van der Waals surface area contributed by atoms with Crippen LogP contribution in [0.2, 0.25) is 0 Å². The number of nitrogens with zero attached hydrogens (tertiary/aromatic N) is 3. The molecule has 0 amide bonds. The fraction of sp³-hybridized carbons (Fsp3) is 0.667. The number of nitriles is 1. The number of rotatable bonds is 8. The molecule has 0 aliphatic carbocycles. The van der Waals surface area contributed by atoms with Crippen molar-refractivity contribution in [3.63, 3.8) is 0 Å². The van der Waals surface area contributed by atoms with Gasteiger partial charge in [-0.15, -0.1) is 0 Å². The molecule has 1 atom stereocenters. The highest BCUT2D eigenvalue weighted by Crippen LogP contribution is 2.07. The number of carbonyl (C=O) groups excluding carboxylic acids is 2. The van der Waals surface area contributed by atoms with E-state index in [0.717, 1.165) is 19.3 Å². The summed E-state index contributed by atoms with van der Waals surface area (Å²) in [5.41, 5.74) is 0. The molecule has 0 aliphatic heterocycles. The Morgan fingerprint density at radius 1 is 1.20 bits per heavy atom. The minimum absolute atomic E-state index is 0.449. The molecular formula is C9H11N3O3. The van der Waals surface area contributed by atoms with Gasteiger partial charge in [0.1, 0.15) is 0 Å². The molecule has 0 aromatic carbocycles. The van der Waals surface area contributed by atoms with Crippen LogP contribution in [0.15, 0.2) is 9.98 Å². The minimum atomic E-state index is -0.734. The largest absolute Gasteiger partial charge is 0.399 e. The first kappa shape index (κ1) is 13.1. The Morgan fingerprint density at radius 3 is 2.60 bits per heavy atom. The number of aliphatic imine (C=N–C) groups is 2. The van der Waals surface area contributed by atoms with Crippen molar-refractivity contribution in [1.29, 1.82) is 5.26 Å². The number of hydrogen-bond acceptors (Lipinski definition) is 6. The van der Waals surface area contributed by atoms with E-state index in [9.17, 15) is 9.59 Å². The Morgan fingerprint density at radius 2 is 2.00 bits per heavy atom. The molecule has 0 aliphatic rings. The average molecular weight is 209 g/mol. The van der Waals surface area contributed by atoms with E-state index in [-0.39, 0.29) is 0 Å². The second-order valence-electron chi connectivity index (χ2n) is 2.71. The smallest absolute Gasteiger partial charge is 0.288 e. The predicted octanol–water partition coefficient (Wildman–Crippen LogP) is 1.04. The maximum absolute atomic E-state index is 9.93. The van der Waals surface area contributed by atoms with E-state index < -0.39 is 6.23 Å². The van der Waals surface area contributed by atoms with E-state index in [4.69, 9.17) is 5.26 Å². The lowest BCUT2D eigenvalue weighted by Gasteiger charge is -2.05. The number of unbranched alkanes of at least 4 members (excludes halogenated alkanes) is 2. The molecule has 0 aromatic rings. The van der Waals surface area contributed by atoms with E-state index in [1.54, 1.807) is 0 Å². The highest BCUT2D eigenvalue weighted by atomic mass is 16.5. The summed E-state index contributed by atoms with van der Waals surface area (Å²) in [6.07, 6.45) is 6.33. The molecule has 0 radical (unpaired) electrons. The van der Waals surface area contributed by atoms with Gasteiger partial charge in [-0.2, -0.15) is 10.3 Å². The summed E-state index contributed by atoms with van der Waals surface area (Å²) < 4.78 is 4.50. The first-order valence-corrected chi connectivity index (χ1v) is 4.50. The van der Waals surface area contributed by atoms with E-state index in [1.165, 1.54) is 18.4 Å². The molecule has 6 heteroatoms. The van der Waals surface area contributed by atoms with Crippen molar-refractivity contribution < 1.29 is 14.3 Å². The molecule has 6 nitrogen and oxygen atoms in total. The molecule has 0 heterocycles. The van der Waals surface area contributed by atoms with Gasteiger partial charge < -0.3 is 4.74 Å². The van der Waals surface area contributed by atoms with E-state index >= 15 is 0 Å². The summed E-state index contributed by atoms with van der Waals surface area (Å²) in [6, 6.07) is 0. The molecule has 1 unspecified atom stereocenters. The summed E-state index contributed by atoms with van der Waals surface area (Å²) in [5, 5.41) is 8.22. The highest BCUT2D eigenvalue weighted by molar-refractivity contribution is 5.33. The Kier molecular flexibility index (Phi) is 8.82. The zero-order valence-electron chi connectivity index (χ0n) is 8.18. The van der Waals surface area contributed by atoms with Crippen LogP contribution in [-0.4, -0.2) is 24.9 Å². The number of hydrogen-bond donors (Lipinski definition) is 0. The third-order valence-electron chi connectivity index (χ3n) is 1.67. The van der Waals surface area contributed by atoms with Crippen LogP contribution in [0.25, 0.3) is 0 Å². The van der Waals surface area contributed by atoms with Crippen LogP contribution in [0, 0.1) is 11.5 Å². The van der Waals surface area contributed by atoms with Gasteiger partial charge >= 0.3 is 0 Å². The molecule has 15 heavy (non-hydrogen) atoms. The average Bonchev–Trinajstić information content (AvgIpc) is 2.24. The van der Waals surface area contributed by atoms with Gasteiger partial charge in [0.2, 0.25) is 18.4 Å². The van der Waals surface area contributed by atoms with Crippen molar-refractivity contribution in [2.45, 2.75) is 31.9 Å². The van der Waals surface area contributed by atoms with Crippen LogP contribution in [-0.2, 0) is 14.3 Å². The van der Waals surface area contributed by atoms with Gasteiger partial charge in [-0.3, -0.25) is 0 Å². The van der Waals surface area contributed by atoms with Crippen LogP contribution in [0.5, 0.6) is 0 Å². The lowest BCUT2D eigenvalue weighted by Crippen LogP contribution is -2.06. The number of ether oxygens (including phenoxy) is 1. The lowest BCUT2D eigenvalue weighted by atomic mass is 10.2. The predicted molar refractivity (Wildman–Crippen MR) is 50.1 cm³/mol. The summed E-state index contributed by atoms with van der Waals surface area (Å²) >= 11 is 0. The van der Waals surface area contributed by atoms with Gasteiger partial charge in [0.05, 0.1) is 6.54 Å². The van der Waals surface area contributed by atoms with Crippen molar-refractivity contribution in [3.8, 4) is 6.26 Å². The molecule has 0 bridgehead atoms. The van der Waals surface area contributed by atoms with Gasteiger partial charge in [0.25, 0.3) is 6.26 Å². The van der Waals surface area contributed by atoms with Crippen LogP contribution in [0.3, 0.4) is 0 Å². The van der Waals surface area contributed by atoms with Gasteiger partial charge in [-0.1, -0.05) is 6.42 Å². The van der Waals surface area contributed by atoms with Crippen molar-refractivity contribution in [2.75, 3.05) is 6.54 Å². The molecule has 0 spiro atoms. The molecule has 0 rings (SSSR count). The van der Waals surface area contributed by atoms with Crippen molar-refractivity contribution in [3.05, 3.63) is 0 Å². The first-order chi connectivity index (χ1) is 7.35. The molecule has 80 valence electrons. The van der Waals surface area contributed by atoms with Crippen molar-refractivity contribution >= 4 is 12.2 Å². The van der Waals surface area contributed by atoms with Crippen LogP contribution in [0.1, 0.15) is 25.7 Å². The summed E-state index contributed by atoms with van der Waals surface area (Å²) in [5.74, 6) is 0.